The van der Waals surface area contributed by atoms with Gasteiger partial charge in [0.05, 0.1) is 12.1 Å². The highest BCUT2D eigenvalue weighted by Crippen LogP contribution is 2.35. The lowest BCUT2D eigenvalue weighted by Gasteiger charge is -2.03. The lowest BCUT2D eigenvalue weighted by Crippen LogP contribution is -2.00. The summed E-state index contributed by atoms with van der Waals surface area (Å²) < 4.78 is 0.534. The quantitative estimate of drug-likeness (QED) is 0.821. The van der Waals surface area contributed by atoms with Crippen molar-refractivity contribution in [3.63, 3.8) is 0 Å². The van der Waals surface area contributed by atoms with Crippen LogP contribution < -0.4 is 5.73 Å². The second kappa shape index (κ2) is 3.98. The van der Waals surface area contributed by atoms with Crippen LogP contribution >= 0.6 is 22.9 Å². The molecular weight excluding hydrogens is 210 g/mol. The third-order valence-corrected chi connectivity index (χ3v) is 3.32. The molecule has 0 aliphatic heterocycles. The normalized spacial score (nSPS) is 12.8. The summed E-state index contributed by atoms with van der Waals surface area (Å²) in [6.45, 7) is 1.84. The van der Waals surface area contributed by atoms with Crippen molar-refractivity contribution in [2.75, 3.05) is 5.73 Å². The number of rotatable bonds is 3. The molecule has 13 heavy (non-hydrogen) atoms. The minimum absolute atomic E-state index is 0.0303. The maximum atomic E-state index is 10.4. The zero-order valence-corrected chi connectivity index (χ0v) is 8.65. The molecule has 0 aromatic carbocycles. The van der Waals surface area contributed by atoms with Crippen LogP contribution in [0.1, 0.15) is 24.1 Å². The van der Waals surface area contributed by atoms with Crippen molar-refractivity contribution in [1.29, 1.82) is 0 Å². The van der Waals surface area contributed by atoms with Crippen LogP contribution in [0.4, 0.5) is 5.69 Å². The molecule has 0 aliphatic carbocycles. The third-order valence-electron chi connectivity index (χ3n) is 1.70. The number of halogens is 1. The Morgan fingerprint density at radius 1 is 1.85 bits per heavy atom. The molecule has 1 aromatic heterocycles. The number of nitrogen functional groups attached to an aromatic ring is 1. The first-order valence-electron chi connectivity index (χ1n) is 3.77. The van der Waals surface area contributed by atoms with Crippen molar-refractivity contribution < 1.29 is 9.90 Å². The van der Waals surface area contributed by atoms with Gasteiger partial charge < -0.3 is 10.8 Å². The van der Waals surface area contributed by atoms with Crippen LogP contribution in [-0.4, -0.2) is 11.1 Å². The highest BCUT2D eigenvalue weighted by atomic mass is 35.5. The van der Waals surface area contributed by atoms with E-state index in [2.05, 4.69) is 0 Å². The fourth-order valence-electron chi connectivity index (χ4n) is 1.01. The molecule has 0 aliphatic rings. The topological polar surface area (TPSA) is 63.3 Å². The molecule has 1 unspecified atom stereocenters. The van der Waals surface area contributed by atoms with E-state index in [0.717, 1.165) is 4.88 Å². The molecule has 0 saturated carbocycles. The molecule has 0 spiro atoms. The smallest absolute Gasteiger partial charge is 0.303 e. The Kier molecular flexibility index (Phi) is 3.17. The number of hydrogen-bond acceptors (Lipinski definition) is 3. The van der Waals surface area contributed by atoms with Gasteiger partial charge in [0.25, 0.3) is 0 Å². The van der Waals surface area contributed by atoms with E-state index in [9.17, 15) is 4.79 Å². The lowest BCUT2D eigenvalue weighted by atomic mass is 10.1. The summed E-state index contributed by atoms with van der Waals surface area (Å²) >= 11 is 7.10. The molecule has 0 radical (unpaired) electrons. The largest absolute Gasteiger partial charge is 0.481 e. The van der Waals surface area contributed by atoms with Gasteiger partial charge >= 0.3 is 5.97 Å². The van der Waals surface area contributed by atoms with Crippen LogP contribution in [0.15, 0.2) is 6.07 Å². The number of hydrogen-bond donors (Lipinski definition) is 2. The molecule has 1 rings (SSSR count). The Balaban J connectivity index is 2.77. The van der Waals surface area contributed by atoms with E-state index in [-0.39, 0.29) is 12.3 Å². The number of carboxylic acid groups (broad SMARTS) is 1. The van der Waals surface area contributed by atoms with Crippen molar-refractivity contribution in [3.05, 3.63) is 15.3 Å². The van der Waals surface area contributed by atoms with Gasteiger partial charge in [0.1, 0.15) is 4.34 Å². The summed E-state index contributed by atoms with van der Waals surface area (Å²) in [4.78, 5) is 11.3. The number of aliphatic carboxylic acids is 1. The highest BCUT2D eigenvalue weighted by molar-refractivity contribution is 7.17. The standard InChI is InChI=1S/C8H10ClNO2S/c1-4(2-7(11)12)6-3-5(10)8(9)13-6/h3-4H,2,10H2,1H3,(H,11,12). The number of carbonyl (C=O) groups is 1. The summed E-state index contributed by atoms with van der Waals surface area (Å²) in [5, 5.41) is 8.56. The van der Waals surface area contributed by atoms with E-state index in [0.29, 0.717) is 10.0 Å². The van der Waals surface area contributed by atoms with Gasteiger partial charge in [0.2, 0.25) is 0 Å². The van der Waals surface area contributed by atoms with Gasteiger partial charge in [-0.25, -0.2) is 0 Å². The van der Waals surface area contributed by atoms with Crippen molar-refractivity contribution in [3.8, 4) is 0 Å². The maximum Gasteiger partial charge on any atom is 0.303 e. The Morgan fingerprint density at radius 2 is 2.46 bits per heavy atom. The van der Waals surface area contributed by atoms with Crippen molar-refractivity contribution in [1.82, 2.24) is 0 Å². The molecule has 72 valence electrons. The van der Waals surface area contributed by atoms with Crippen LogP contribution in [0, 0.1) is 0 Å². The zero-order chi connectivity index (χ0) is 10.0. The predicted molar refractivity (Wildman–Crippen MR) is 54.4 cm³/mol. The first-order chi connectivity index (χ1) is 6.00. The molecule has 0 saturated heterocycles. The average molecular weight is 220 g/mol. The average Bonchev–Trinajstić information content (AvgIpc) is 2.31. The summed E-state index contributed by atoms with van der Waals surface area (Å²) in [5.41, 5.74) is 6.07. The molecule has 3 nitrogen and oxygen atoms in total. The second-order valence-electron chi connectivity index (χ2n) is 2.88. The van der Waals surface area contributed by atoms with E-state index >= 15 is 0 Å². The fourth-order valence-corrected chi connectivity index (χ4v) is 2.18. The van der Waals surface area contributed by atoms with Crippen LogP contribution in [0.3, 0.4) is 0 Å². The van der Waals surface area contributed by atoms with E-state index in [1.165, 1.54) is 11.3 Å². The Bertz CT molecular complexity index is 304. The summed E-state index contributed by atoms with van der Waals surface area (Å²) in [5.74, 6) is -0.840. The van der Waals surface area contributed by atoms with Gasteiger partial charge in [0.15, 0.2) is 0 Å². The molecule has 1 heterocycles. The van der Waals surface area contributed by atoms with Gasteiger partial charge in [-0.3, -0.25) is 4.79 Å². The third kappa shape index (κ3) is 2.60. The number of thiophene rings is 1. The zero-order valence-electron chi connectivity index (χ0n) is 7.08. The minimum Gasteiger partial charge on any atom is -0.481 e. The van der Waals surface area contributed by atoms with E-state index in [1.54, 1.807) is 6.07 Å². The molecule has 1 atom stereocenters. The molecule has 0 fully saturated rings. The molecule has 5 heteroatoms. The van der Waals surface area contributed by atoms with Gasteiger partial charge in [-0.1, -0.05) is 18.5 Å². The Labute approximate surface area is 85.1 Å². The first kappa shape index (κ1) is 10.3. The van der Waals surface area contributed by atoms with Crippen molar-refractivity contribution in [2.24, 2.45) is 0 Å². The minimum atomic E-state index is -0.810. The van der Waals surface area contributed by atoms with Crippen molar-refractivity contribution >= 4 is 34.6 Å². The van der Waals surface area contributed by atoms with Crippen LogP contribution in [-0.2, 0) is 4.79 Å². The van der Waals surface area contributed by atoms with Gasteiger partial charge in [0, 0.05) is 10.8 Å². The van der Waals surface area contributed by atoms with Crippen molar-refractivity contribution in [2.45, 2.75) is 19.3 Å². The van der Waals surface area contributed by atoms with Gasteiger partial charge in [-0.2, -0.15) is 0 Å². The molecule has 0 bridgehead atoms. The molecule has 0 amide bonds. The summed E-state index contributed by atoms with van der Waals surface area (Å²) in [6.07, 6.45) is 0.107. The molecule has 1 aromatic rings. The SMILES string of the molecule is CC(CC(=O)O)c1cc(N)c(Cl)s1. The first-order valence-corrected chi connectivity index (χ1v) is 4.96. The highest BCUT2D eigenvalue weighted by Gasteiger charge is 2.14. The van der Waals surface area contributed by atoms with Gasteiger partial charge in [-0.05, 0) is 6.07 Å². The number of nitrogens with two attached hydrogens (primary N) is 1. The molecule has 3 N–H and O–H groups in total. The maximum absolute atomic E-state index is 10.4. The molecular formula is C8H10ClNO2S. The number of anilines is 1. The predicted octanol–water partition coefficient (Wildman–Crippen LogP) is 2.56. The van der Waals surface area contributed by atoms with E-state index in [1.807, 2.05) is 6.92 Å². The summed E-state index contributed by atoms with van der Waals surface area (Å²) in [6, 6.07) is 1.74. The van der Waals surface area contributed by atoms with Crippen LogP contribution in [0.5, 0.6) is 0 Å². The second-order valence-corrected chi connectivity index (χ2v) is 4.56. The Hall–Kier alpha value is -0.740. The summed E-state index contributed by atoms with van der Waals surface area (Å²) in [7, 11) is 0. The lowest BCUT2D eigenvalue weighted by molar-refractivity contribution is -0.137. The Morgan fingerprint density at radius 3 is 2.85 bits per heavy atom. The number of carboxylic acids is 1. The fraction of sp³-hybridized carbons (Fsp3) is 0.375. The monoisotopic (exact) mass is 219 g/mol. The van der Waals surface area contributed by atoms with E-state index < -0.39 is 5.97 Å². The van der Waals surface area contributed by atoms with Crippen LogP contribution in [0.2, 0.25) is 4.34 Å². The van der Waals surface area contributed by atoms with Gasteiger partial charge in [-0.15, -0.1) is 11.3 Å². The van der Waals surface area contributed by atoms with Crippen LogP contribution in [0.25, 0.3) is 0 Å². The van der Waals surface area contributed by atoms with E-state index in [4.69, 9.17) is 22.4 Å².